The molecule has 0 N–H and O–H groups in total. The van der Waals surface area contributed by atoms with E-state index in [9.17, 15) is 9.59 Å². The first-order valence-electron chi connectivity index (χ1n) is 8.85. The fraction of sp³-hybridized carbons (Fsp3) is 0.579. The highest BCUT2D eigenvalue weighted by Gasteiger charge is 2.30. The predicted octanol–water partition coefficient (Wildman–Crippen LogP) is 3.57. The third kappa shape index (κ3) is 4.97. The number of rotatable bonds is 6. The number of amides is 2. The second-order valence-electron chi connectivity index (χ2n) is 6.53. The summed E-state index contributed by atoms with van der Waals surface area (Å²) in [5.41, 5.74) is 0.601. The molecule has 1 aromatic carbocycles. The van der Waals surface area contributed by atoms with E-state index in [1.165, 1.54) is 0 Å². The van der Waals surface area contributed by atoms with Crippen LogP contribution in [0.25, 0.3) is 0 Å². The van der Waals surface area contributed by atoms with Gasteiger partial charge in [-0.05, 0) is 53.4 Å². The molecule has 0 spiro atoms. The number of nitrogens with zero attached hydrogens (tertiary/aromatic N) is 2. The average Bonchev–Trinajstić information content (AvgIpc) is 2.65. The van der Waals surface area contributed by atoms with Crippen molar-refractivity contribution in [3.63, 3.8) is 0 Å². The van der Waals surface area contributed by atoms with Gasteiger partial charge in [0.05, 0.1) is 12.7 Å². The Morgan fingerprint density at radius 1 is 1.32 bits per heavy atom. The first-order valence-corrected chi connectivity index (χ1v) is 9.65. The highest BCUT2D eigenvalue weighted by Crippen LogP contribution is 2.26. The van der Waals surface area contributed by atoms with Gasteiger partial charge in [-0.3, -0.25) is 9.59 Å². The predicted molar refractivity (Wildman–Crippen MR) is 102 cm³/mol. The number of hydrogen-bond acceptors (Lipinski definition) is 3. The highest BCUT2D eigenvalue weighted by atomic mass is 79.9. The molecular formula is C19H27BrN2O3. The quantitative estimate of drug-likeness (QED) is 0.719. The third-order valence-corrected chi connectivity index (χ3v) is 5.45. The van der Waals surface area contributed by atoms with E-state index in [4.69, 9.17) is 4.74 Å². The van der Waals surface area contributed by atoms with Crippen LogP contribution in [0.15, 0.2) is 22.7 Å². The molecule has 1 aliphatic rings. The standard InChI is InChI=1S/C19H27BrN2O3/c1-4-5-10-21(2)18(23)14-8-11-22(12-9-14)19(24)16-13-15(25-3)6-7-17(16)20/h6-7,13-14H,4-5,8-12H2,1-3H3. The number of methoxy groups -OCH3 is 1. The van der Waals surface area contributed by atoms with E-state index in [0.717, 1.165) is 36.7 Å². The summed E-state index contributed by atoms with van der Waals surface area (Å²) in [5.74, 6) is 0.882. The normalized spacial score (nSPS) is 15.1. The first kappa shape index (κ1) is 19.8. The molecule has 1 fully saturated rings. The van der Waals surface area contributed by atoms with E-state index in [0.29, 0.717) is 24.4 Å². The van der Waals surface area contributed by atoms with Crippen LogP contribution in [-0.4, -0.2) is 55.4 Å². The van der Waals surface area contributed by atoms with Gasteiger partial charge in [-0.15, -0.1) is 0 Å². The number of likely N-dealkylation sites (tertiary alicyclic amines) is 1. The second-order valence-corrected chi connectivity index (χ2v) is 7.38. The van der Waals surface area contributed by atoms with E-state index in [-0.39, 0.29) is 17.7 Å². The third-order valence-electron chi connectivity index (χ3n) is 4.76. The molecule has 2 rings (SSSR count). The molecule has 1 saturated heterocycles. The van der Waals surface area contributed by atoms with Crippen molar-refractivity contribution in [1.29, 1.82) is 0 Å². The number of halogens is 1. The van der Waals surface area contributed by atoms with Crippen LogP contribution >= 0.6 is 15.9 Å². The summed E-state index contributed by atoms with van der Waals surface area (Å²) in [6, 6.07) is 5.39. The molecule has 0 radical (unpaired) electrons. The van der Waals surface area contributed by atoms with Crippen LogP contribution in [0.3, 0.4) is 0 Å². The van der Waals surface area contributed by atoms with Gasteiger partial charge in [-0.2, -0.15) is 0 Å². The van der Waals surface area contributed by atoms with Gasteiger partial charge in [0.2, 0.25) is 5.91 Å². The maximum atomic E-state index is 12.8. The molecule has 138 valence electrons. The molecule has 6 heteroatoms. The minimum atomic E-state index is -0.0176. The van der Waals surface area contributed by atoms with Crippen molar-refractivity contribution in [2.45, 2.75) is 32.6 Å². The second kappa shape index (κ2) is 9.22. The van der Waals surface area contributed by atoms with Gasteiger partial charge in [-0.1, -0.05) is 13.3 Å². The Morgan fingerprint density at radius 3 is 2.60 bits per heavy atom. The van der Waals surface area contributed by atoms with Gasteiger partial charge in [0.15, 0.2) is 0 Å². The van der Waals surface area contributed by atoms with Crippen molar-refractivity contribution in [2.24, 2.45) is 5.92 Å². The van der Waals surface area contributed by atoms with Gasteiger partial charge in [0.1, 0.15) is 5.75 Å². The summed E-state index contributed by atoms with van der Waals surface area (Å²) >= 11 is 3.44. The van der Waals surface area contributed by atoms with Crippen molar-refractivity contribution in [3.8, 4) is 5.75 Å². The van der Waals surface area contributed by atoms with Gasteiger partial charge < -0.3 is 14.5 Å². The molecule has 1 aliphatic heterocycles. The summed E-state index contributed by atoms with van der Waals surface area (Å²) < 4.78 is 5.97. The molecule has 0 unspecified atom stereocenters. The van der Waals surface area contributed by atoms with E-state index >= 15 is 0 Å². The van der Waals surface area contributed by atoms with Crippen molar-refractivity contribution >= 4 is 27.7 Å². The summed E-state index contributed by atoms with van der Waals surface area (Å²) in [6.45, 7) is 4.16. The Hall–Kier alpha value is -1.56. The van der Waals surface area contributed by atoms with Crippen molar-refractivity contribution in [3.05, 3.63) is 28.2 Å². The molecule has 25 heavy (non-hydrogen) atoms. The number of benzene rings is 1. The van der Waals surface area contributed by atoms with Crippen LogP contribution in [0.4, 0.5) is 0 Å². The summed E-state index contributed by atoms with van der Waals surface area (Å²) in [5, 5.41) is 0. The monoisotopic (exact) mass is 410 g/mol. The Balaban J connectivity index is 1.95. The number of carbonyl (C=O) groups excluding carboxylic acids is 2. The Bertz CT molecular complexity index is 613. The van der Waals surface area contributed by atoms with Crippen LogP contribution in [0, 0.1) is 5.92 Å². The summed E-state index contributed by atoms with van der Waals surface area (Å²) in [4.78, 5) is 28.9. The van der Waals surface area contributed by atoms with E-state index in [1.54, 1.807) is 13.2 Å². The zero-order valence-corrected chi connectivity index (χ0v) is 16.8. The number of ether oxygens (including phenoxy) is 1. The van der Waals surface area contributed by atoms with Crippen molar-refractivity contribution < 1.29 is 14.3 Å². The fourth-order valence-corrected chi connectivity index (χ4v) is 3.53. The SMILES string of the molecule is CCCCN(C)C(=O)C1CCN(C(=O)c2cc(OC)ccc2Br)CC1. The van der Waals surface area contributed by atoms with Crippen LogP contribution in [0.5, 0.6) is 5.75 Å². The van der Waals surface area contributed by atoms with Gasteiger partial charge >= 0.3 is 0 Å². The van der Waals surface area contributed by atoms with Crippen molar-refractivity contribution in [1.82, 2.24) is 9.80 Å². The molecule has 2 amide bonds. The lowest BCUT2D eigenvalue weighted by Gasteiger charge is -2.33. The molecule has 0 saturated carbocycles. The molecule has 5 nitrogen and oxygen atoms in total. The van der Waals surface area contributed by atoms with E-state index in [2.05, 4.69) is 22.9 Å². The van der Waals surface area contributed by atoms with Crippen molar-refractivity contribution in [2.75, 3.05) is 33.8 Å². The van der Waals surface area contributed by atoms with Crippen LogP contribution in [0.1, 0.15) is 43.0 Å². The summed E-state index contributed by atoms with van der Waals surface area (Å²) in [7, 11) is 3.46. The summed E-state index contributed by atoms with van der Waals surface area (Å²) in [6.07, 6.45) is 3.56. The zero-order chi connectivity index (χ0) is 18.4. The average molecular weight is 411 g/mol. The topological polar surface area (TPSA) is 49.9 Å². The molecule has 0 atom stereocenters. The first-order chi connectivity index (χ1) is 12.0. The van der Waals surface area contributed by atoms with Gasteiger partial charge in [0, 0.05) is 37.1 Å². The minimum absolute atomic E-state index is 0.0176. The maximum Gasteiger partial charge on any atom is 0.255 e. The van der Waals surface area contributed by atoms with E-state index < -0.39 is 0 Å². The molecule has 0 bridgehead atoms. The maximum absolute atomic E-state index is 12.8. The number of carbonyl (C=O) groups is 2. The minimum Gasteiger partial charge on any atom is -0.497 e. The molecule has 0 aliphatic carbocycles. The van der Waals surface area contributed by atoms with Gasteiger partial charge in [0.25, 0.3) is 5.91 Å². The smallest absolute Gasteiger partial charge is 0.255 e. The number of hydrogen-bond donors (Lipinski definition) is 0. The number of piperidine rings is 1. The zero-order valence-electron chi connectivity index (χ0n) is 15.3. The molecule has 1 aromatic rings. The molecular weight excluding hydrogens is 384 g/mol. The van der Waals surface area contributed by atoms with Crippen LogP contribution in [0.2, 0.25) is 0 Å². The van der Waals surface area contributed by atoms with Crippen LogP contribution in [-0.2, 0) is 4.79 Å². The lowest BCUT2D eigenvalue weighted by Crippen LogP contribution is -2.43. The van der Waals surface area contributed by atoms with Crippen LogP contribution < -0.4 is 4.74 Å². The lowest BCUT2D eigenvalue weighted by atomic mass is 9.94. The fourth-order valence-electron chi connectivity index (χ4n) is 3.11. The molecule has 0 aromatic heterocycles. The molecule has 1 heterocycles. The Morgan fingerprint density at radius 2 is 2.00 bits per heavy atom. The van der Waals surface area contributed by atoms with E-state index in [1.807, 2.05) is 29.0 Å². The van der Waals surface area contributed by atoms with Gasteiger partial charge in [-0.25, -0.2) is 0 Å². The highest BCUT2D eigenvalue weighted by molar-refractivity contribution is 9.10. The number of unbranched alkanes of at least 4 members (excludes halogenated alkanes) is 1. The largest absolute Gasteiger partial charge is 0.497 e. The lowest BCUT2D eigenvalue weighted by molar-refractivity contribution is -0.135. The Labute approximate surface area is 158 Å². The Kier molecular flexibility index (Phi) is 7.29.